The van der Waals surface area contributed by atoms with Crippen molar-refractivity contribution in [2.75, 3.05) is 10.6 Å². The van der Waals surface area contributed by atoms with Crippen LogP contribution in [0, 0.1) is 0 Å². The molecule has 1 amide bonds. The predicted molar refractivity (Wildman–Crippen MR) is 78.4 cm³/mol. The Morgan fingerprint density at radius 3 is 2.72 bits per heavy atom. The topological polar surface area (TPSA) is 41.1 Å². The Morgan fingerprint density at radius 2 is 2.17 bits per heavy atom. The maximum atomic E-state index is 11.0. The Balaban J connectivity index is 2.63. The summed E-state index contributed by atoms with van der Waals surface area (Å²) in [6, 6.07) is 6.01. The minimum atomic E-state index is -0.117. The van der Waals surface area contributed by atoms with Gasteiger partial charge in [-0.2, -0.15) is 0 Å². The van der Waals surface area contributed by atoms with Crippen molar-refractivity contribution in [3.05, 3.63) is 23.2 Å². The summed E-state index contributed by atoms with van der Waals surface area (Å²) in [5.41, 5.74) is 1.63. The molecule has 0 radical (unpaired) electrons. The lowest BCUT2D eigenvalue weighted by Gasteiger charge is -2.16. The maximum absolute atomic E-state index is 11.0. The lowest BCUT2D eigenvalue weighted by atomic mass is 10.1. The molecule has 3 nitrogen and oxygen atoms in total. The smallest absolute Gasteiger partial charge is 0.221 e. The van der Waals surface area contributed by atoms with Crippen LogP contribution in [0.1, 0.15) is 40.0 Å². The minimum Gasteiger partial charge on any atom is -0.383 e. The number of benzene rings is 1. The monoisotopic (exact) mass is 268 g/mol. The van der Waals surface area contributed by atoms with Gasteiger partial charge in [0.25, 0.3) is 0 Å². The summed E-state index contributed by atoms with van der Waals surface area (Å²) in [5.74, 6) is -0.117. The van der Waals surface area contributed by atoms with Gasteiger partial charge in [0.05, 0.1) is 10.7 Å². The standard InChI is InChI=1S/C14H21ClN2O/c1-4-5-6-10(2)16-12-7-8-14(13(15)9-12)17-11(3)18/h7-10,16H,4-6H2,1-3H3,(H,17,18). The molecule has 0 saturated carbocycles. The van der Waals surface area contributed by atoms with Gasteiger partial charge in [0.1, 0.15) is 0 Å². The Kier molecular flexibility index (Phi) is 5.99. The van der Waals surface area contributed by atoms with Crippen LogP contribution in [-0.4, -0.2) is 11.9 Å². The summed E-state index contributed by atoms with van der Waals surface area (Å²) in [5, 5.41) is 6.64. The molecule has 0 spiro atoms. The molecule has 0 fully saturated rings. The predicted octanol–water partition coefficient (Wildman–Crippen LogP) is 4.29. The molecule has 0 aliphatic rings. The van der Waals surface area contributed by atoms with Gasteiger partial charge in [0.2, 0.25) is 5.91 Å². The lowest BCUT2D eigenvalue weighted by Crippen LogP contribution is -2.15. The first-order valence-corrected chi connectivity index (χ1v) is 6.74. The van der Waals surface area contributed by atoms with E-state index in [9.17, 15) is 4.79 Å². The molecular weight excluding hydrogens is 248 g/mol. The second-order valence-electron chi connectivity index (χ2n) is 4.56. The summed E-state index contributed by atoms with van der Waals surface area (Å²) < 4.78 is 0. The largest absolute Gasteiger partial charge is 0.383 e. The zero-order valence-electron chi connectivity index (χ0n) is 11.2. The van der Waals surface area contributed by atoms with E-state index in [0.717, 1.165) is 12.1 Å². The molecule has 0 aromatic heterocycles. The van der Waals surface area contributed by atoms with Crippen LogP contribution in [0.4, 0.5) is 11.4 Å². The molecule has 100 valence electrons. The van der Waals surface area contributed by atoms with Crippen LogP contribution in [0.5, 0.6) is 0 Å². The first-order chi connectivity index (χ1) is 8.52. The number of carbonyl (C=O) groups is 1. The van der Waals surface area contributed by atoms with E-state index < -0.39 is 0 Å². The Hall–Kier alpha value is -1.22. The third-order valence-corrected chi connectivity index (χ3v) is 3.00. The molecule has 1 aromatic rings. The molecule has 18 heavy (non-hydrogen) atoms. The Bertz CT molecular complexity index is 407. The normalized spacial score (nSPS) is 12.0. The molecule has 1 rings (SSSR count). The number of unbranched alkanes of at least 4 members (excludes halogenated alkanes) is 1. The Labute approximate surface area is 114 Å². The number of rotatable bonds is 6. The van der Waals surface area contributed by atoms with Gasteiger partial charge < -0.3 is 10.6 Å². The third-order valence-electron chi connectivity index (χ3n) is 2.68. The zero-order valence-corrected chi connectivity index (χ0v) is 12.0. The van der Waals surface area contributed by atoms with Gasteiger partial charge in [-0.05, 0) is 31.5 Å². The van der Waals surface area contributed by atoms with E-state index in [1.807, 2.05) is 18.2 Å². The molecule has 1 unspecified atom stereocenters. The summed E-state index contributed by atoms with van der Waals surface area (Å²) >= 11 is 6.11. The van der Waals surface area contributed by atoms with Crippen molar-refractivity contribution in [1.29, 1.82) is 0 Å². The highest BCUT2D eigenvalue weighted by Crippen LogP contribution is 2.26. The molecular formula is C14H21ClN2O. The second-order valence-corrected chi connectivity index (χ2v) is 4.97. The SMILES string of the molecule is CCCCC(C)Nc1ccc(NC(C)=O)c(Cl)c1. The average Bonchev–Trinajstić information content (AvgIpc) is 2.29. The zero-order chi connectivity index (χ0) is 13.5. The number of anilines is 2. The number of nitrogens with one attached hydrogen (secondary N) is 2. The van der Waals surface area contributed by atoms with Crippen LogP contribution in [0.2, 0.25) is 5.02 Å². The summed E-state index contributed by atoms with van der Waals surface area (Å²) in [4.78, 5) is 11.0. The van der Waals surface area contributed by atoms with Crippen LogP contribution in [0.3, 0.4) is 0 Å². The summed E-state index contributed by atoms with van der Waals surface area (Å²) in [6.07, 6.45) is 3.56. The van der Waals surface area contributed by atoms with Gasteiger partial charge in [-0.3, -0.25) is 4.79 Å². The number of halogens is 1. The van der Waals surface area contributed by atoms with Gasteiger partial charge in [-0.1, -0.05) is 31.4 Å². The number of hydrogen-bond donors (Lipinski definition) is 2. The quantitative estimate of drug-likeness (QED) is 0.808. The van der Waals surface area contributed by atoms with Crippen LogP contribution < -0.4 is 10.6 Å². The molecule has 1 aromatic carbocycles. The van der Waals surface area contributed by atoms with Crippen LogP contribution in [-0.2, 0) is 4.79 Å². The highest BCUT2D eigenvalue weighted by atomic mass is 35.5. The van der Waals surface area contributed by atoms with Gasteiger partial charge in [0.15, 0.2) is 0 Å². The highest BCUT2D eigenvalue weighted by molar-refractivity contribution is 6.34. The minimum absolute atomic E-state index is 0.117. The van der Waals surface area contributed by atoms with Crippen LogP contribution in [0.15, 0.2) is 18.2 Å². The lowest BCUT2D eigenvalue weighted by molar-refractivity contribution is -0.114. The van der Waals surface area contributed by atoms with Crippen LogP contribution in [0.25, 0.3) is 0 Å². The van der Waals surface area contributed by atoms with E-state index in [2.05, 4.69) is 24.5 Å². The number of hydrogen-bond acceptors (Lipinski definition) is 2. The fourth-order valence-electron chi connectivity index (χ4n) is 1.76. The average molecular weight is 269 g/mol. The van der Waals surface area contributed by atoms with Crippen molar-refractivity contribution < 1.29 is 4.79 Å². The van der Waals surface area contributed by atoms with Gasteiger partial charge >= 0.3 is 0 Å². The van der Waals surface area contributed by atoms with E-state index >= 15 is 0 Å². The summed E-state index contributed by atoms with van der Waals surface area (Å²) in [6.45, 7) is 5.81. The second kappa shape index (κ2) is 7.27. The van der Waals surface area contributed by atoms with E-state index in [1.165, 1.54) is 19.8 Å². The van der Waals surface area contributed by atoms with Crippen LogP contribution >= 0.6 is 11.6 Å². The molecule has 1 atom stereocenters. The van der Waals surface area contributed by atoms with Crippen molar-refractivity contribution in [2.45, 2.75) is 46.1 Å². The molecule has 0 aliphatic carbocycles. The third kappa shape index (κ3) is 4.96. The van der Waals surface area contributed by atoms with Gasteiger partial charge in [0, 0.05) is 18.7 Å². The molecule has 0 aliphatic heterocycles. The molecule has 2 N–H and O–H groups in total. The fraction of sp³-hybridized carbons (Fsp3) is 0.500. The van der Waals surface area contributed by atoms with Gasteiger partial charge in [-0.25, -0.2) is 0 Å². The molecule has 4 heteroatoms. The fourth-order valence-corrected chi connectivity index (χ4v) is 1.99. The number of amides is 1. The van der Waals surface area contributed by atoms with E-state index in [1.54, 1.807) is 0 Å². The summed E-state index contributed by atoms with van der Waals surface area (Å²) in [7, 11) is 0. The highest BCUT2D eigenvalue weighted by Gasteiger charge is 2.05. The van der Waals surface area contributed by atoms with E-state index in [-0.39, 0.29) is 5.91 Å². The Morgan fingerprint density at radius 1 is 1.44 bits per heavy atom. The van der Waals surface area contributed by atoms with Gasteiger partial charge in [-0.15, -0.1) is 0 Å². The first-order valence-electron chi connectivity index (χ1n) is 6.36. The van der Waals surface area contributed by atoms with Crippen molar-refractivity contribution in [1.82, 2.24) is 0 Å². The molecule has 0 saturated heterocycles. The van der Waals surface area contributed by atoms with Crippen molar-refractivity contribution in [3.8, 4) is 0 Å². The van der Waals surface area contributed by atoms with Crippen molar-refractivity contribution >= 4 is 28.9 Å². The van der Waals surface area contributed by atoms with Crippen molar-refractivity contribution in [3.63, 3.8) is 0 Å². The maximum Gasteiger partial charge on any atom is 0.221 e. The van der Waals surface area contributed by atoms with Crippen molar-refractivity contribution in [2.24, 2.45) is 0 Å². The molecule has 0 heterocycles. The molecule has 0 bridgehead atoms. The van der Waals surface area contributed by atoms with E-state index in [4.69, 9.17) is 11.6 Å². The first kappa shape index (κ1) is 14.8. The van der Waals surface area contributed by atoms with E-state index in [0.29, 0.717) is 16.8 Å². The number of carbonyl (C=O) groups excluding carboxylic acids is 1.